The molecule has 2 aliphatic heterocycles. The Balaban J connectivity index is 1.34. The van der Waals surface area contributed by atoms with Gasteiger partial charge in [-0.2, -0.15) is 0 Å². The van der Waals surface area contributed by atoms with Gasteiger partial charge in [0.2, 0.25) is 0 Å². The molecule has 298 valence electrons. The molecular formula is C55H59BN2S. The summed E-state index contributed by atoms with van der Waals surface area (Å²) in [6.07, 6.45) is 2.39. The molecule has 0 unspecified atom stereocenters. The molecule has 7 aromatic rings. The second-order valence-corrected chi connectivity index (χ2v) is 22.6. The first-order valence-electron chi connectivity index (χ1n) is 21.8. The second-order valence-electron chi connectivity index (χ2n) is 21.6. The smallest absolute Gasteiger partial charge is 0.264 e. The maximum absolute atomic E-state index is 2.69. The van der Waals surface area contributed by atoms with Gasteiger partial charge in [-0.1, -0.05) is 124 Å². The zero-order chi connectivity index (χ0) is 41.7. The van der Waals surface area contributed by atoms with Gasteiger partial charge in [0.05, 0.1) is 11.4 Å². The quantitative estimate of drug-likeness (QED) is 0.161. The van der Waals surface area contributed by atoms with Crippen LogP contribution in [0.4, 0.5) is 34.1 Å². The van der Waals surface area contributed by atoms with E-state index in [1.807, 2.05) is 11.3 Å². The first kappa shape index (κ1) is 38.4. The van der Waals surface area contributed by atoms with Crippen LogP contribution in [0, 0.1) is 20.8 Å². The van der Waals surface area contributed by atoms with Crippen molar-refractivity contribution < 1.29 is 0 Å². The van der Waals surface area contributed by atoms with Gasteiger partial charge < -0.3 is 9.80 Å². The molecule has 0 saturated carbocycles. The molecule has 59 heavy (non-hydrogen) atoms. The highest BCUT2D eigenvalue weighted by molar-refractivity contribution is 7.33. The molecule has 0 bridgehead atoms. The normalized spacial score (nSPS) is 16.6. The van der Waals surface area contributed by atoms with Crippen LogP contribution in [0.15, 0.2) is 97.1 Å². The van der Waals surface area contributed by atoms with Crippen molar-refractivity contribution in [3.05, 3.63) is 136 Å². The lowest BCUT2D eigenvalue weighted by Gasteiger charge is -2.45. The largest absolute Gasteiger partial charge is 0.311 e. The fourth-order valence-electron chi connectivity index (χ4n) is 10.7. The first-order chi connectivity index (χ1) is 27.7. The number of fused-ring (bicyclic) bond motifs is 8. The Morgan fingerprint density at radius 1 is 0.576 bits per heavy atom. The lowest BCUT2D eigenvalue weighted by Crippen LogP contribution is -2.60. The number of hydrogen-bond acceptors (Lipinski definition) is 3. The van der Waals surface area contributed by atoms with Gasteiger partial charge in [0.1, 0.15) is 0 Å². The number of rotatable bonds is 2. The van der Waals surface area contributed by atoms with Gasteiger partial charge >= 0.3 is 0 Å². The van der Waals surface area contributed by atoms with Crippen molar-refractivity contribution in [2.24, 2.45) is 0 Å². The van der Waals surface area contributed by atoms with Gasteiger partial charge in [-0.15, -0.1) is 11.3 Å². The van der Waals surface area contributed by atoms with Gasteiger partial charge in [0, 0.05) is 37.6 Å². The van der Waals surface area contributed by atoms with Crippen molar-refractivity contribution in [1.82, 2.24) is 0 Å². The minimum absolute atomic E-state index is 0.0285. The van der Waals surface area contributed by atoms with Gasteiger partial charge in [0.15, 0.2) is 0 Å². The molecule has 0 amide bonds. The van der Waals surface area contributed by atoms with E-state index in [4.69, 9.17) is 0 Å². The van der Waals surface area contributed by atoms with E-state index in [0.717, 1.165) is 0 Å². The summed E-state index contributed by atoms with van der Waals surface area (Å²) < 4.78 is 2.79. The minimum Gasteiger partial charge on any atom is -0.311 e. The van der Waals surface area contributed by atoms with E-state index in [-0.39, 0.29) is 28.4 Å². The molecule has 3 aliphatic rings. The van der Waals surface area contributed by atoms with E-state index in [9.17, 15) is 0 Å². The Morgan fingerprint density at radius 3 is 1.83 bits per heavy atom. The molecule has 3 heterocycles. The zero-order valence-corrected chi connectivity index (χ0v) is 38.3. The van der Waals surface area contributed by atoms with E-state index < -0.39 is 0 Å². The predicted octanol–water partition coefficient (Wildman–Crippen LogP) is 14.0. The van der Waals surface area contributed by atoms with Crippen molar-refractivity contribution >= 4 is 88.7 Å². The van der Waals surface area contributed by atoms with E-state index in [0.29, 0.717) is 0 Å². The molecule has 1 aliphatic carbocycles. The predicted molar refractivity (Wildman–Crippen MR) is 260 cm³/mol. The van der Waals surface area contributed by atoms with E-state index in [1.165, 1.54) is 122 Å². The topological polar surface area (TPSA) is 6.48 Å². The van der Waals surface area contributed by atoms with Crippen LogP contribution in [0.5, 0.6) is 0 Å². The Labute approximate surface area is 357 Å². The van der Waals surface area contributed by atoms with E-state index in [1.54, 1.807) is 0 Å². The molecule has 4 heteroatoms. The van der Waals surface area contributed by atoms with Crippen LogP contribution in [0.1, 0.15) is 121 Å². The van der Waals surface area contributed by atoms with Crippen molar-refractivity contribution in [3.63, 3.8) is 0 Å². The number of benzene rings is 6. The van der Waals surface area contributed by atoms with Crippen molar-refractivity contribution in [3.8, 4) is 0 Å². The molecule has 10 rings (SSSR count). The molecule has 1 aromatic heterocycles. The van der Waals surface area contributed by atoms with Gasteiger partial charge in [-0.25, -0.2) is 0 Å². The fraction of sp³-hybridized carbons (Fsp3) is 0.345. The van der Waals surface area contributed by atoms with Crippen LogP contribution in [-0.4, -0.2) is 6.71 Å². The SMILES string of the molecule is Cc1cc2c3c(c1)N(c1ccc4c(c1)C(C)(C)CCC4(C)C)c1c(sc4ccc(C(C)(C)C)cc14)B3c1cc3ccccc3cc1N2c1c(C)cc(C(C)(C)C)cc1C. The summed E-state index contributed by atoms with van der Waals surface area (Å²) in [7, 11) is 0. The molecule has 2 nitrogen and oxygen atoms in total. The standard InChI is InChI=1S/C55H59BN2S/c1-32-24-45-48-46(25-32)58(49-33(2)26-38(27-34(49)3)53(7,8)9)44-29-36-17-15-14-16-35(36)28-43(44)56(48)51-50(40-30-37(52(4,5)6)18-21-47(40)59-51)57(45)39-19-20-41-42(31-39)55(12,13)23-22-54(41,10)11/h14-21,24-31H,22-23H2,1-13H3. The lowest BCUT2D eigenvalue weighted by atomic mass is 9.36. The monoisotopic (exact) mass is 790 g/mol. The molecule has 0 spiro atoms. The number of thiophene rings is 1. The van der Waals surface area contributed by atoms with Gasteiger partial charge in [-0.05, 0) is 158 Å². The van der Waals surface area contributed by atoms with Crippen LogP contribution in [-0.2, 0) is 21.7 Å². The minimum atomic E-state index is 0.0285. The van der Waals surface area contributed by atoms with Gasteiger partial charge in [-0.3, -0.25) is 0 Å². The summed E-state index contributed by atoms with van der Waals surface area (Å²) in [5.41, 5.74) is 20.6. The van der Waals surface area contributed by atoms with Crippen LogP contribution < -0.4 is 25.5 Å². The molecule has 0 fully saturated rings. The third-order valence-electron chi connectivity index (χ3n) is 14.2. The van der Waals surface area contributed by atoms with Crippen molar-refractivity contribution in [2.75, 3.05) is 9.80 Å². The average Bonchev–Trinajstić information content (AvgIpc) is 3.54. The maximum Gasteiger partial charge on any atom is 0.264 e. The first-order valence-corrected chi connectivity index (χ1v) is 22.7. The van der Waals surface area contributed by atoms with Crippen LogP contribution in [0.2, 0.25) is 0 Å². The zero-order valence-electron chi connectivity index (χ0n) is 37.5. The molecule has 6 aromatic carbocycles. The average molecular weight is 791 g/mol. The van der Waals surface area contributed by atoms with Crippen LogP contribution in [0.3, 0.4) is 0 Å². The Hall–Kier alpha value is -4.80. The van der Waals surface area contributed by atoms with Crippen LogP contribution in [0.25, 0.3) is 20.9 Å². The third kappa shape index (κ3) is 5.79. The third-order valence-corrected chi connectivity index (χ3v) is 15.4. The highest BCUT2D eigenvalue weighted by Gasteiger charge is 2.47. The van der Waals surface area contributed by atoms with Gasteiger partial charge in [0.25, 0.3) is 6.71 Å². The van der Waals surface area contributed by atoms with Crippen molar-refractivity contribution in [1.29, 1.82) is 0 Å². The highest BCUT2D eigenvalue weighted by Crippen LogP contribution is 2.52. The summed E-state index contributed by atoms with van der Waals surface area (Å²) in [4.78, 5) is 5.33. The number of aryl methyl sites for hydroxylation is 3. The Kier molecular flexibility index (Phi) is 8.21. The summed E-state index contributed by atoms with van der Waals surface area (Å²) in [5, 5.41) is 3.93. The molecule has 0 saturated heterocycles. The lowest BCUT2D eigenvalue weighted by molar-refractivity contribution is 0.332. The molecule has 0 radical (unpaired) electrons. The maximum atomic E-state index is 2.69. The number of hydrogen-bond donors (Lipinski definition) is 0. The summed E-state index contributed by atoms with van der Waals surface area (Å²) >= 11 is 2.01. The summed E-state index contributed by atoms with van der Waals surface area (Å²) in [6.45, 7) is 30.9. The second kappa shape index (κ2) is 12.6. The Morgan fingerprint density at radius 2 is 1.19 bits per heavy atom. The molecule has 0 atom stereocenters. The van der Waals surface area contributed by atoms with Crippen LogP contribution >= 0.6 is 11.3 Å². The van der Waals surface area contributed by atoms with Crippen molar-refractivity contribution in [2.45, 2.75) is 125 Å². The van der Waals surface area contributed by atoms with E-state index in [2.05, 4.69) is 197 Å². The Bertz CT molecular complexity index is 2890. The fourth-order valence-corrected chi connectivity index (χ4v) is 12.0. The summed E-state index contributed by atoms with van der Waals surface area (Å²) in [5.74, 6) is 0. The highest BCUT2D eigenvalue weighted by atomic mass is 32.1. The number of nitrogens with zero attached hydrogens (tertiary/aromatic N) is 2. The molecule has 0 N–H and O–H groups in total. The summed E-state index contributed by atoms with van der Waals surface area (Å²) in [6, 6.07) is 38.6. The molecular weight excluding hydrogens is 731 g/mol. The number of anilines is 6. The van der Waals surface area contributed by atoms with E-state index >= 15 is 0 Å².